The maximum atomic E-state index is 12.6. The first-order chi connectivity index (χ1) is 12.4. The fraction of sp³-hybridized carbons (Fsp3) is 0.263. The van der Waals surface area contributed by atoms with Crippen molar-refractivity contribution in [3.63, 3.8) is 0 Å². The van der Waals surface area contributed by atoms with Crippen molar-refractivity contribution in [3.8, 4) is 0 Å². The molecule has 26 heavy (non-hydrogen) atoms. The van der Waals surface area contributed by atoms with E-state index in [0.717, 1.165) is 12.1 Å². The molecular formula is C19H20Cl2N4O. The van der Waals surface area contributed by atoms with Crippen LogP contribution in [0.5, 0.6) is 0 Å². The molecule has 0 aromatic heterocycles. The van der Waals surface area contributed by atoms with E-state index in [1.807, 2.05) is 30.3 Å². The number of aliphatic imine (C=N–C) groups is 1. The third-order valence-corrected chi connectivity index (χ3v) is 4.95. The van der Waals surface area contributed by atoms with Gasteiger partial charge in [0.15, 0.2) is 5.96 Å². The average Bonchev–Trinajstić information content (AvgIpc) is 2.98. The second kappa shape index (κ2) is 8.08. The molecule has 2 aromatic carbocycles. The highest BCUT2D eigenvalue weighted by molar-refractivity contribution is 6.34. The van der Waals surface area contributed by atoms with Crippen LogP contribution in [0.2, 0.25) is 10.0 Å². The van der Waals surface area contributed by atoms with Crippen LogP contribution in [-0.4, -0.2) is 29.9 Å². The Balaban J connectivity index is 1.88. The van der Waals surface area contributed by atoms with Crippen molar-refractivity contribution >= 4 is 35.1 Å². The molecule has 5 nitrogen and oxygen atoms in total. The molecule has 1 saturated heterocycles. The van der Waals surface area contributed by atoms with Crippen LogP contribution in [0.1, 0.15) is 17.0 Å². The SMILES string of the molecule is NC(N)=NC(=O)[C@H]1CN(Cc2ccccc2)C[C@@H]1c1cc(Cl)cc(Cl)c1. The molecule has 3 rings (SSSR count). The van der Waals surface area contributed by atoms with Crippen molar-refractivity contribution < 1.29 is 4.79 Å². The summed E-state index contributed by atoms with van der Waals surface area (Å²) in [6, 6.07) is 15.5. The lowest BCUT2D eigenvalue weighted by atomic mass is 9.88. The molecule has 0 bridgehead atoms. The summed E-state index contributed by atoms with van der Waals surface area (Å²) < 4.78 is 0. The van der Waals surface area contributed by atoms with E-state index in [0.29, 0.717) is 23.1 Å². The Kier molecular flexibility index (Phi) is 5.81. The number of guanidine groups is 1. The van der Waals surface area contributed by atoms with E-state index in [1.165, 1.54) is 5.56 Å². The highest BCUT2D eigenvalue weighted by Crippen LogP contribution is 2.36. The standard InChI is InChI=1S/C19H20Cl2N4O/c20-14-6-13(7-15(21)8-14)16-10-25(9-12-4-2-1-3-5-12)11-17(16)18(26)24-19(22)23/h1-8,16-17H,9-11H2,(H4,22,23,24,26)/t16-,17+/m1/s1. The quantitative estimate of drug-likeness (QED) is 0.620. The van der Waals surface area contributed by atoms with Gasteiger partial charge in [0.25, 0.3) is 5.91 Å². The molecular weight excluding hydrogens is 371 g/mol. The lowest BCUT2D eigenvalue weighted by molar-refractivity contribution is -0.121. The molecule has 1 fully saturated rings. The van der Waals surface area contributed by atoms with Crippen LogP contribution in [0.25, 0.3) is 0 Å². The van der Waals surface area contributed by atoms with Crippen molar-refractivity contribution in [2.24, 2.45) is 22.4 Å². The predicted octanol–water partition coefficient (Wildman–Crippen LogP) is 3.01. The van der Waals surface area contributed by atoms with Gasteiger partial charge in [0.05, 0.1) is 5.92 Å². The molecule has 2 aromatic rings. The first kappa shape index (κ1) is 18.7. The summed E-state index contributed by atoms with van der Waals surface area (Å²) >= 11 is 12.3. The predicted molar refractivity (Wildman–Crippen MR) is 105 cm³/mol. The number of benzene rings is 2. The Labute approximate surface area is 162 Å². The molecule has 0 unspecified atom stereocenters. The van der Waals surface area contributed by atoms with Crippen molar-refractivity contribution in [1.82, 2.24) is 4.90 Å². The molecule has 7 heteroatoms. The zero-order chi connectivity index (χ0) is 18.7. The van der Waals surface area contributed by atoms with Crippen LogP contribution in [0.3, 0.4) is 0 Å². The van der Waals surface area contributed by atoms with E-state index in [4.69, 9.17) is 34.7 Å². The fourth-order valence-corrected chi connectivity index (χ4v) is 3.99. The average molecular weight is 391 g/mol. The molecule has 0 saturated carbocycles. The van der Waals surface area contributed by atoms with Gasteiger partial charge in [0.2, 0.25) is 0 Å². The van der Waals surface area contributed by atoms with Crippen LogP contribution in [0.15, 0.2) is 53.5 Å². The first-order valence-electron chi connectivity index (χ1n) is 8.28. The van der Waals surface area contributed by atoms with Gasteiger partial charge in [-0.1, -0.05) is 53.5 Å². The molecule has 1 heterocycles. The van der Waals surface area contributed by atoms with Crippen molar-refractivity contribution in [1.29, 1.82) is 0 Å². The molecule has 0 radical (unpaired) electrons. The van der Waals surface area contributed by atoms with Crippen molar-refractivity contribution in [2.75, 3.05) is 13.1 Å². The highest BCUT2D eigenvalue weighted by Gasteiger charge is 2.38. The minimum atomic E-state index is -0.352. The summed E-state index contributed by atoms with van der Waals surface area (Å²) in [7, 11) is 0. The summed E-state index contributed by atoms with van der Waals surface area (Å²) in [5.41, 5.74) is 12.9. The molecule has 136 valence electrons. The van der Waals surface area contributed by atoms with Gasteiger partial charge in [-0.25, -0.2) is 0 Å². The number of likely N-dealkylation sites (tertiary alicyclic amines) is 1. The maximum Gasteiger partial charge on any atom is 0.253 e. The van der Waals surface area contributed by atoms with E-state index in [-0.39, 0.29) is 23.7 Å². The van der Waals surface area contributed by atoms with Gasteiger partial charge in [-0.15, -0.1) is 0 Å². The second-order valence-corrected chi connectivity index (χ2v) is 7.34. The van der Waals surface area contributed by atoms with Crippen molar-refractivity contribution in [2.45, 2.75) is 12.5 Å². The van der Waals surface area contributed by atoms with Gasteiger partial charge >= 0.3 is 0 Å². The Hall–Kier alpha value is -2.08. The second-order valence-electron chi connectivity index (χ2n) is 6.47. The van der Waals surface area contributed by atoms with Crippen LogP contribution in [0, 0.1) is 5.92 Å². The molecule has 1 aliphatic rings. The summed E-state index contributed by atoms with van der Waals surface area (Å²) in [5, 5.41) is 1.09. The number of hydrogen-bond donors (Lipinski definition) is 2. The number of carbonyl (C=O) groups excluding carboxylic acids is 1. The molecule has 1 amide bonds. The Morgan fingerprint density at radius 3 is 2.35 bits per heavy atom. The lowest BCUT2D eigenvalue weighted by Crippen LogP contribution is -2.28. The van der Waals surface area contributed by atoms with E-state index >= 15 is 0 Å². The topological polar surface area (TPSA) is 84.7 Å². The zero-order valence-corrected chi connectivity index (χ0v) is 15.6. The summed E-state index contributed by atoms with van der Waals surface area (Å²) in [5.74, 6) is -0.970. The Morgan fingerprint density at radius 2 is 1.73 bits per heavy atom. The zero-order valence-electron chi connectivity index (χ0n) is 14.1. The number of rotatable bonds is 4. The van der Waals surface area contributed by atoms with E-state index < -0.39 is 0 Å². The van der Waals surface area contributed by atoms with E-state index in [1.54, 1.807) is 6.07 Å². The van der Waals surface area contributed by atoms with Gasteiger partial charge in [0, 0.05) is 35.6 Å². The molecule has 4 N–H and O–H groups in total. The summed E-state index contributed by atoms with van der Waals surface area (Å²) in [6.07, 6.45) is 0. The van der Waals surface area contributed by atoms with Gasteiger partial charge in [-0.3, -0.25) is 9.69 Å². The number of nitrogens with zero attached hydrogens (tertiary/aromatic N) is 2. The lowest BCUT2D eigenvalue weighted by Gasteiger charge is -2.17. The molecule has 2 atom stereocenters. The largest absolute Gasteiger partial charge is 0.370 e. The Morgan fingerprint density at radius 1 is 1.08 bits per heavy atom. The Bertz CT molecular complexity index is 801. The molecule has 1 aliphatic heterocycles. The molecule has 0 spiro atoms. The summed E-state index contributed by atoms with van der Waals surface area (Å²) in [4.78, 5) is 18.6. The molecule has 0 aliphatic carbocycles. The maximum absolute atomic E-state index is 12.6. The normalized spacial score (nSPS) is 20.1. The van der Waals surface area contributed by atoms with Gasteiger partial charge in [-0.05, 0) is 29.3 Å². The number of hydrogen-bond acceptors (Lipinski definition) is 2. The number of halogens is 2. The smallest absolute Gasteiger partial charge is 0.253 e. The monoisotopic (exact) mass is 390 g/mol. The third kappa shape index (κ3) is 4.55. The van der Waals surface area contributed by atoms with Crippen LogP contribution in [-0.2, 0) is 11.3 Å². The van der Waals surface area contributed by atoms with Gasteiger partial charge < -0.3 is 11.5 Å². The number of carbonyl (C=O) groups is 1. The summed E-state index contributed by atoms with van der Waals surface area (Å²) in [6.45, 7) is 2.01. The van der Waals surface area contributed by atoms with Crippen molar-refractivity contribution in [3.05, 3.63) is 69.7 Å². The van der Waals surface area contributed by atoms with E-state index in [9.17, 15) is 4.79 Å². The number of amides is 1. The highest BCUT2D eigenvalue weighted by atomic mass is 35.5. The minimum Gasteiger partial charge on any atom is -0.370 e. The van der Waals surface area contributed by atoms with Crippen LogP contribution >= 0.6 is 23.2 Å². The van der Waals surface area contributed by atoms with Crippen LogP contribution < -0.4 is 11.5 Å². The van der Waals surface area contributed by atoms with E-state index in [2.05, 4.69) is 22.0 Å². The fourth-order valence-electron chi connectivity index (χ4n) is 3.44. The first-order valence-corrected chi connectivity index (χ1v) is 9.03. The number of nitrogens with two attached hydrogens (primary N) is 2. The van der Waals surface area contributed by atoms with Gasteiger partial charge in [0.1, 0.15) is 0 Å². The third-order valence-electron chi connectivity index (χ3n) is 4.51. The minimum absolute atomic E-state index is 0.0782. The van der Waals surface area contributed by atoms with Gasteiger partial charge in [-0.2, -0.15) is 4.99 Å². The van der Waals surface area contributed by atoms with Crippen LogP contribution in [0.4, 0.5) is 0 Å².